The van der Waals surface area contributed by atoms with Crippen LogP contribution in [0.15, 0.2) is 42.6 Å². The lowest BCUT2D eigenvalue weighted by molar-refractivity contribution is -0.137. The number of benzene rings is 1. The Morgan fingerprint density at radius 3 is 1.88 bits per heavy atom. The van der Waals surface area contributed by atoms with Gasteiger partial charge in [0.25, 0.3) is 0 Å². The highest BCUT2D eigenvalue weighted by Crippen LogP contribution is 2.31. The number of halogens is 3. The number of nitrogens with zero attached hydrogens (tertiary/aromatic N) is 4. The molecule has 0 saturated carbocycles. The first-order valence-corrected chi connectivity index (χ1v) is 11.3. The van der Waals surface area contributed by atoms with Crippen LogP contribution in [0.3, 0.4) is 0 Å². The van der Waals surface area contributed by atoms with E-state index < -0.39 is 11.7 Å². The van der Waals surface area contributed by atoms with Crippen LogP contribution in [0.25, 0.3) is 11.1 Å². The van der Waals surface area contributed by atoms with Gasteiger partial charge in [-0.1, -0.05) is 26.0 Å². The molecule has 0 spiro atoms. The Bertz CT molecular complexity index is 807. The number of rotatable bonds is 6. The van der Waals surface area contributed by atoms with Crippen molar-refractivity contribution in [3.8, 4) is 11.1 Å². The molecule has 2 aromatic rings. The van der Waals surface area contributed by atoms with Crippen molar-refractivity contribution in [3.63, 3.8) is 0 Å². The minimum atomic E-state index is -4.31. The number of hydrogen-bond acceptors (Lipinski definition) is 4. The molecule has 0 N–H and O–H groups in total. The van der Waals surface area contributed by atoms with Gasteiger partial charge in [0.1, 0.15) is 5.82 Å². The number of likely N-dealkylation sites (tertiary alicyclic amines) is 1. The van der Waals surface area contributed by atoms with Crippen molar-refractivity contribution in [2.45, 2.75) is 39.3 Å². The van der Waals surface area contributed by atoms with Crippen LogP contribution < -0.4 is 4.90 Å². The first-order valence-electron chi connectivity index (χ1n) is 11.3. The zero-order valence-corrected chi connectivity index (χ0v) is 17.9. The lowest BCUT2D eigenvalue weighted by Crippen LogP contribution is -2.47. The van der Waals surface area contributed by atoms with Crippen molar-refractivity contribution in [1.29, 1.82) is 0 Å². The number of piperazine rings is 1. The van der Waals surface area contributed by atoms with E-state index in [4.69, 9.17) is 0 Å². The maximum Gasteiger partial charge on any atom is 0.416 e. The molecule has 2 aliphatic rings. The zero-order valence-electron chi connectivity index (χ0n) is 17.9. The predicted octanol–water partition coefficient (Wildman–Crippen LogP) is 5.40. The van der Waals surface area contributed by atoms with Gasteiger partial charge in [-0.25, -0.2) is 4.98 Å². The van der Waals surface area contributed by atoms with Gasteiger partial charge in [0.15, 0.2) is 0 Å². The molecule has 4 nitrogen and oxygen atoms in total. The molecule has 0 atom stereocenters. The molecule has 0 unspecified atom stereocenters. The maximum absolute atomic E-state index is 12.7. The van der Waals surface area contributed by atoms with Gasteiger partial charge in [-0.05, 0) is 75.3 Å². The monoisotopic (exact) mass is 448 g/mol. The van der Waals surface area contributed by atoms with Gasteiger partial charge in [-0.15, -0.1) is 0 Å². The molecule has 0 bridgehead atoms. The van der Waals surface area contributed by atoms with E-state index in [-0.39, 0.29) is 7.43 Å². The topological polar surface area (TPSA) is 22.6 Å². The molecule has 2 aliphatic heterocycles. The third-order valence-corrected chi connectivity index (χ3v) is 6.39. The van der Waals surface area contributed by atoms with Gasteiger partial charge in [-0.3, -0.25) is 4.90 Å². The van der Waals surface area contributed by atoms with Crippen LogP contribution in [0.4, 0.5) is 19.0 Å². The van der Waals surface area contributed by atoms with E-state index in [0.29, 0.717) is 0 Å². The maximum atomic E-state index is 12.7. The molecule has 32 heavy (non-hydrogen) atoms. The third-order valence-electron chi connectivity index (χ3n) is 6.39. The van der Waals surface area contributed by atoms with Gasteiger partial charge in [0.2, 0.25) is 0 Å². The van der Waals surface area contributed by atoms with E-state index >= 15 is 0 Å². The Labute approximate surface area is 190 Å². The molecule has 0 radical (unpaired) electrons. The average Bonchev–Trinajstić information content (AvgIpc) is 2.80. The van der Waals surface area contributed by atoms with Crippen molar-refractivity contribution in [2.24, 2.45) is 0 Å². The molecule has 2 fully saturated rings. The SMILES string of the molecule is C.FC(F)(F)c1ccc(-c2ccc(N3CCN(CCCN4CCCCC4)CC3)nc2)cc1. The standard InChI is InChI=1S/C24H31F3N4.CH4/c25-24(26,27)22-8-5-20(6-9-22)21-7-10-23(28-19-21)31-17-15-30(16-18-31)14-4-13-29-11-2-1-3-12-29;/h5-10,19H,1-4,11-18H2;1H4. The molecule has 0 aliphatic carbocycles. The van der Waals surface area contributed by atoms with Crippen LogP contribution in [-0.2, 0) is 6.18 Å². The molecule has 1 aromatic carbocycles. The summed E-state index contributed by atoms with van der Waals surface area (Å²) in [6.07, 6.45) is 2.77. The van der Waals surface area contributed by atoms with Crippen LogP contribution >= 0.6 is 0 Å². The number of hydrogen-bond donors (Lipinski definition) is 0. The smallest absolute Gasteiger partial charge is 0.354 e. The highest BCUT2D eigenvalue weighted by Gasteiger charge is 2.30. The highest BCUT2D eigenvalue weighted by molar-refractivity contribution is 5.64. The van der Waals surface area contributed by atoms with Crippen molar-refractivity contribution >= 4 is 5.82 Å². The van der Waals surface area contributed by atoms with E-state index in [1.165, 1.54) is 57.5 Å². The molecular formula is C25H35F3N4. The average molecular weight is 449 g/mol. The fourth-order valence-corrected chi connectivity index (χ4v) is 4.50. The quantitative estimate of drug-likeness (QED) is 0.590. The second kappa shape index (κ2) is 11.1. The summed E-state index contributed by atoms with van der Waals surface area (Å²) in [6.45, 7) is 8.90. The van der Waals surface area contributed by atoms with Crippen LogP contribution in [0.1, 0.15) is 38.7 Å². The fraction of sp³-hybridized carbons (Fsp3) is 0.560. The summed E-state index contributed by atoms with van der Waals surface area (Å²) in [7, 11) is 0. The first kappa shape index (κ1) is 24.5. The van der Waals surface area contributed by atoms with E-state index in [2.05, 4.69) is 19.7 Å². The molecule has 0 amide bonds. The summed E-state index contributed by atoms with van der Waals surface area (Å²) in [5.41, 5.74) is 0.939. The van der Waals surface area contributed by atoms with Gasteiger partial charge >= 0.3 is 6.18 Å². The molecule has 4 rings (SSSR count). The lowest BCUT2D eigenvalue weighted by Gasteiger charge is -2.36. The summed E-state index contributed by atoms with van der Waals surface area (Å²) in [5.74, 6) is 0.934. The Hall–Kier alpha value is -2.12. The normalized spacial score (nSPS) is 18.4. The highest BCUT2D eigenvalue weighted by atomic mass is 19.4. The van der Waals surface area contributed by atoms with Gasteiger partial charge in [0, 0.05) is 37.9 Å². The van der Waals surface area contributed by atoms with Crippen molar-refractivity contribution in [3.05, 3.63) is 48.2 Å². The van der Waals surface area contributed by atoms with E-state index in [9.17, 15) is 13.2 Å². The third kappa shape index (κ3) is 6.45. The summed E-state index contributed by atoms with van der Waals surface area (Å²) < 4.78 is 38.2. The van der Waals surface area contributed by atoms with Gasteiger partial charge in [-0.2, -0.15) is 13.2 Å². The fourth-order valence-electron chi connectivity index (χ4n) is 4.50. The first-order chi connectivity index (χ1) is 15.0. The van der Waals surface area contributed by atoms with E-state index in [0.717, 1.165) is 61.8 Å². The number of pyridine rings is 1. The Morgan fingerprint density at radius 2 is 1.31 bits per heavy atom. The summed E-state index contributed by atoms with van der Waals surface area (Å²) in [5, 5.41) is 0. The minimum absolute atomic E-state index is 0. The minimum Gasteiger partial charge on any atom is -0.354 e. The Kier molecular flexibility index (Phi) is 8.54. The van der Waals surface area contributed by atoms with Crippen molar-refractivity contribution in [1.82, 2.24) is 14.8 Å². The molecule has 176 valence electrons. The van der Waals surface area contributed by atoms with E-state index in [1.54, 1.807) is 6.20 Å². The Morgan fingerprint density at radius 1 is 0.719 bits per heavy atom. The lowest BCUT2D eigenvalue weighted by atomic mass is 10.1. The van der Waals surface area contributed by atoms with Crippen LogP contribution in [-0.4, -0.2) is 67.1 Å². The number of aromatic nitrogens is 1. The zero-order chi connectivity index (χ0) is 21.7. The molecule has 2 saturated heterocycles. The molecular weight excluding hydrogens is 413 g/mol. The molecule has 1 aromatic heterocycles. The van der Waals surface area contributed by atoms with Gasteiger partial charge < -0.3 is 9.80 Å². The summed E-state index contributed by atoms with van der Waals surface area (Å²) in [4.78, 5) is 12.0. The second-order valence-electron chi connectivity index (χ2n) is 8.56. The number of piperidine rings is 1. The van der Waals surface area contributed by atoms with Crippen LogP contribution in [0.2, 0.25) is 0 Å². The second-order valence-corrected chi connectivity index (χ2v) is 8.56. The Balaban J connectivity index is 0.00000289. The molecule has 7 heteroatoms. The van der Waals surface area contributed by atoms with Crippen LogP contribution in [0.5, 0.6) is 0 Å². The predicted molar refractivity (Wildman–Crippen MR) is 125 cm³/mol. The number of alkyl halides is 3. The summed E-state index contributed by atoms with van der Waals surface area (Å²) >= 11 is 0. The largest absolute Gasteiger partial charge is 0.416 e. The van der Waals surface area contributed by atoms with Gasteiger partial charge in [0.05, 0.1) is 5.56 Å². The van der Waals surface area contributed by atoms with Crippen molar-refractivity contribution < 1.29 is 13.2 Å². The van der Waals surface area contributed by atoms with Crippen LogP contribution in [0, 0.1) is 0 Å². The molecule has 3 heterocycles. The number of anilines is 1. The van der Waals surface area contributed by atoms with Crippen molar-refractivity contribution in [2.75, 3.05) is 57.3 Å². The summed E-state index contributed by atoms with van der Waals surface area (Å²) in [6, 6.07) is 9.15. The van der Waals surface area contributed by atoms with E-state index in [1.807, 2.05) is 12.1 Å².